The van der Waals surface area contributed by atoms with Crippen LogP contribution in [0.3, 0.4) is 0 Å². The maximum atomic E-state index is 13.1. The minimum absolute atomic E-state index is 0.155. The monoisotopic (exact) mass is 419 g/mol. The van der Waals surface area contributed by atoms with E-state index in [1.807, 2.05) is 49.4 Å². The van der Waals surface area contributed by atoms with E-state index in [4.69, 9.17) is 4.42 Å². The largest absolute Gasteiger partial charge is 0.467 e. The second-order valence-electron chi connectivity index (χ2n) is 7.00. The molecule has 2 heterocycles. The molecule has 1 N–H and O–H groups in total. The van der Waals surface area contributed by atoms with Crippen LogP contribution in [-0.2, 0) is 11.3 Å². The summed E-state index contributed by atoms with van der Waals surface area (Å²) in [7, 11) is 0. The highest BCUT2D eigenvalue weighted by Crippen LogP contribution is 2.24. The van der Waals surface area contributed by atoms with Gasteiger partial charge in [0.05, 0.1) is 29.0 Å². The smallest absolute Gasteiger partial charge is 0.262 e. The molecule has 0 aliphatic rings. The zero-order valence-electron chi connectivity index (χ0n) is 16.7. The van der Waals surface area contributed by atoms with E-state index in [1.165, 1.54) is 11.8 Å². The molecule has 0 saturated heterocycles. The molecule has 0 aliphatic carbocycles. The first-order chi connectivity index (χ1) is 14.5. The van der Waals surface area contributed by atoms with Gasteiger partial charge in [0.2, 0.25) is 5.91 Å². The van der Waals surface area contributed by atoms with E-state index < -0.39 is 5.25 Å². The molecule has 6 nitrogen and oxygen atoms in total. The second-order valence-corrected chi connectivity index (χ2v) is 8.31. The molecule has 1 atom stereocenters. The van der Waals surface area contributed by atoms with Crippen LogP contribution in [0.1, 0.15) is 18.2 Å². The van der Waals surface area contributed by atoms with E-state index in [0.717, 1.165) is 11.3 Å². The Labute approximate surface area is 177 Å². The Balaban J connectivity index is 1.65. The highest BCUT2D eigenvalue weighted by atomic mass is 32.2. The van der Waals surface area contributed by atoms with Gasteiger partial charge in [-0.25, -0.2) is 4.98 Å². The number of nitrogens with zero attached hydrogens (tertiary/aromatic N) is 2. The lowest BCUT2D eigenvalue weighted by atomic mass is 10.2. The minimum atomic E-state index is -0.457. The fourth-order valence-electron chi connectivity index (χ4n) is 3.11. The third kappa shape index (κ3) is 4.31. The van der Waals surface area contributed by atoms with Crippen LogP contribution in [0.5, 0.6) is 0 Å². The van der Waals surface area contributed by atoms with E-state index in [0.29, 0.717) is 21.8 Å². The summed E-state index contributed by atoms with van der Waals surface area (Å²) in [5.41, 5.74) is 2.25. The van der Waals surface area contributed by atoms with Gasteiger partial charge in [0.15, 0.2) is 5.16 Å². The number of carbonyl (C=O) groups excluding carboxylic acids is 1. The number of thioether (sulfide) groups is 1. The minimum Gasteiger partial charge on any atom is -0.467 e. The zero-order valence-corrected chi connectivity index (χ0v) is 17.5. The first kappa shape index (κ1) is 20.0. The summed E-state index contributed by atoms with van der Waals surface area (Å²) < 4.78 is 6.98. The van der Waals surface area contributed by atoms with Crippen LogP contribution >= 0.6 is 11.8 Å². The van der Waals surface area contributed by atoms with Gasteiger partial charge in [0, 0.05) is 5.69 Å². The first-order valence-electron chi connectivity index (χ1n) is 9.57. The van der Waals surface area contributed by atoms with Crippen LogP contribution < -0.4 is 10.9 Å². The van der Waals surface area contributed by atoms with Gasteiger partial charge in [0.1, 0.15) is 5.76 Å². The molecule has 7 heteroatoms. The number of benzene rings is 2. The number of para-hydroxylation sites is 1. The summed E-state index contributed by atoms with van der Waals surface area (Å²) in [6.45, 7) is 4.02. The van der Waals surface area contributed by atoms with Crippen LogP contribution in [0.4, 0.5) is 5.69 Å². The molecule has 4 aromatic rings. The first-order valence-corrected chi connectivity index (χ1v) is 10.5. The van der Waals surface area contributed by atoms with E-state index in [2.05, 4.69) is 10.3 Å². The second kappa shape index (κ2) is 8.59. The molecule has 2 aromatic carbocycles. The predicted molar refractivity (Wildman–Crippen MR) is 119 cm³/mol. The number of hydrogen-bond acceptors (Lipinski definition) is 5. The summed E-state index contributed by atoms with van der Waals surface area (Å²) in [5.74, 6) is 0.491. The number of nitrogens with one attached hydrogen (secondary N) is 1. The van der Waals surface area contributed by atoms with Crippen molar-refractivity contribution >= 4 is 34.3 Å². The Morgan fingerprint density at radius 3 is 2.77 bits per heavy atom. The lowest BCUT2D eigenvalue weighted by Crippen LogP contribution is -2.27. The topological polar surface area (TPSA) is 77.1 Å². The molecule has 1 amide bonds. The predicted octanol–water partition coefficient (Wildman–Crippen LogP) is 4.47. The molecule has 0 bridgehead atoms. The molecule has 2 aromatic heterocycles. The van der Waals surface area contributed by atoms with Crippen molar-refractivity contribution in [3.05, 3.63) is 88.6 Å². The molecule has 0 aliphatic heterocycles. The number of aryl methyl sites for hydroxylation is 1. The summed E-state index contributed by atoms with van der Waals surface area (Å²) >= 11 is 1.25. The van der Waals surface area contributed by atoms with Gasteiger partial charge in [-0.2, -0.15) is 0 Å². The van der Waals surface area contributed by atoms with Crippen molar-refractivity contribution in [3.8, 4) is 0 Å². The fourth-order valence-corrected chi connectivity index (χ4v) is 4.02. The Bertz CT molecular complexity index is 1250. The Morgan fingerprint density at radius 1 is 1.17 bits per heavy atom. The molecule has 0 spiro atoms. The molecule has 1 unspecified atom stereocenters. The third-order valence-electron chi connectivity index (χ3n) is 4.66. The van der Waals surface area contributed by atoms with Crippen molar-refractivity contribution < 1.29 is 9.21 Å². The molecule has 0 saturated carbocycles. The van der Waals surface area contributed by atoms with Crippen LogP contribution in [0.15, 0.2) is 81.3 Å². The van der Waals surface area contributed by atoms with Crippen LogP contribution in [0.25, 0.3) is 10.9 Å². The van der Waals surface area contributed by atoms with Crippen molar-refractivity contribution in [2.45, 2.75) is 30.8 Å². The maximum absolute atomic E-state index is 13.1. The quantitative estimate of drug-likeness (QED) is 0.369. The summed E-state index contributed by atoms with van der Waals surface area (Å²) in [6.07, 6.45) is 1.57. The summed E-state index contributed by atoms with van der Waals surface area (Å²) in [6, 6.07) is 18.4. The molecule has 0 radical (unpaired) electrons. The lowest BCUT2D eigenvalue weighted by Gasteiger charge is -2.16. The normalized spacial score (nSPS) is 12.1. The number of hydrogen-bond donors (Lipinski definition) is 1. The Morgan fingerprint density at radius 2 is 2.00 bits per heavy atom. The highest BCUT2D eigenvalue weighted by molar-refractivity contribution is 8.00. The van der Waals surface area contributed by atoms with Crippen molar-refractivity contribution in [2.75, 3.05) is 5.32 Å². The summed E-state index contributed by atoms with van der Waals surface area (Å²) in [4.78, 5) is 30.5. The van der Waals surface area contributed by atoms with Gasteiger partial charge in [0.25, 0.3) is 5.56 Å². The number of carbonyl (C=O) groups is 1. The fraction of sp³-hybridized carbons (Fsp3) is 0.174. The Hall–Kier alpha value is -3.32. The molecular weight excluding hydrogens is 398 g/mol. The van der Waals surface area contributed by atoms with Gasteiger partial charge in [-0.1, -0.05) is 36.0 Å². The standard InChI is InChI=1S/C23H21N3O3S/c1-15-7-5-8-17(13-15)24-21(27)16(2)30-23-25-20-11-4-3-10-19(20)22(28)26(23)14-18-9-6-12-29-18/h3-13,16H,14H2,1-2H3,(H,24,27). The number of furan rings is 1. The van der Waals surface area contributed by atoms with Gasteiger partial charge in [-0.05, 0) is 55.8 Å². The number of amides is 1. The van der Waals surface area contributed by atoms with Gasteiger partial charge in [-0.15, -0.1) is 0 Å². The number of aromatic nitrogens is 2. The van der Waals surface area contributed by atoms with Crippen molar-refractivity contribution in [1.29, 1.82) is 0 Å². The van der Waals surface area contributed by atoms with E-state index >= 15 is 0 Å². The highest BCUT2D eigenvalue weighted by Gasteiger charge is 2.20. The van der Waals surface area contributed by atoms with E-state index in [1.54, 1.807) is 36.0 Å². The SMILES string of the molecule is Cc1cccc(NC(=O)C(C)Sc2nc3ccccc3c(=O)n2Cc2ccco2)c1. The molecule has 4 rings (SSSR count). The van der Waals surface area contributed by atoms with Gasteiger partial charge in [-0.3, -0.25) is 14.2 Å². The lowest BCUT2D eigenvalue weighted by molar-refractivity contribution is -0.115. The molecular formula is C23H21N3O3S. The summed E-state index contributed by atoms with van der Waals surface area (Å²) in [5, 5.41) is 3.48. The average molecular weight is 420 g/mol. The molecule has 30 heavy (non-hydrogen) atoms. The van der Waals surface area contributed by atoms with Gasteiger partial charge >= 0.3 is 0 Å². The maximum Gasteiger partial charge on any atom is 0.262 e. The van der Waals surface area contributed by atoms with Crippen molar-refractivity contribution in [3.63, 3.8) is 0 Å². The van der Waals surface area contributed by atoms with Crippen molar-refractivity contribution in [1.82, 2.24) is 9.55 Å². The van der Waals surface area contributed by atoms with Crippen molar-refractivity contribution in [2.24, 2.45) is 0 Å². The molecule has 152 valence electrons. The number of anilines is 1. The number of rotatable bonds is 6. The number of fused-ring (bicyclic) bond motifs is 1. The van der Waals surface area contributed by atoms with E-state index in [9.17, 15) is 9.59 Å². The van der Waals surface area contributed by atoms with Crippen LogP contribution in [-0.4, -0.2) is 20.7 Å². The van der Waals surface area contributed by atoms with Gasteiger partial charge < -0.3 is 9.73 Å². The van der Waals surface area contributed by atoms with Crippen LogP contribution in [0.2, 0.25) is 0 Å². The average Bonchev–Trinajstić information content (AvgIpc) is 3.24. The van der Waals surface area contributed by atoms with Crippen LogP contribution in [0, 0.1) is 6.92 Å². The van der Waals surface area contributed by atoms with E-state index in [-0.39, 0.29) is 18.0 Å². The third-order valence-corrected chi connectivity index (χ3v) is 5.75. The Kier molecular flexibility index (Phi) is 5.72. The molecule has 0 fully saturated rings. The zero-order chi connectivity index (χ0) is 21.1.